The zero-order chi connectivity index (χ0) is 25.9. The Labute approximate surface area is 217 Å². The van der Waals surface area contributed by atoms with Gasteiger partial charge < -0.3 is 5.32 Å². The van der Waals surface area contributed by atoms with Crippen molar-refractivity contribution in [3.05, 3.63) is 106 Å². The minimum Gasteiger partial charge on any atom is -0.333 e. The molecule has 1 aliphatic heterocycles. The summed E-state index contributed by atoms with van der Waals surface area (Å²) in [6.07, 6.45) is 5.98. The normalized spacial score (nSPS) is 13.6. The number of nitriles is 1. The molecular weight excluding hydrogens is 496 g/mol. The quantitative estimate of drug-likeness (QED) is 0.346. The van der Waals surface area contributed by atoms with Crippen molar-refractivity contribution >= 4 is 34.6 Å². The SMILES string of the molecule is N#Cc1cc2c(cc1F)c1c(n2C(=O)NCc2ccnc(F)c2)CCN(CC=Cc2ccc(Cl)cc2)C1. The summed E-state index contributed by atoms with van der Waals surface area (Å²) in [6, 6.07) is 14.6. The van der Waals surface area contributed by atoms with E-state index in [1.807, 2.05) is 36.4 Å². The average molecular weight is 518 g/mol. The Balaban J connectivity index is 1.42. The maximum atomic E-state index is 14.6. The molecule has 0 bridgehead atoms. The number of hydrogen-bond donors (Lipinski definition) is 1. The van der Waals surface area contributed by atoms with E-state index in [1.54, 1.807) is 6.07 Å². The lowest BCUT2D eigenvalue weighted by Crippen LogP contribution is -2.34. The topological polar surface area (TPSA) is 74.0 Å². The smallest absolute Gasteiger partial charge is 0.326 e. The second kappa shape index (κ2) is 10.5. The minimum absolute atomic E-state index is 0.0979. The molecule has 0 fully saturated rings. The van der Waals surface area contributed by atoms with Gasteiger partial charge in [-0.15, -0.1) is 0 Å². The van der Waals surface area contributed by atoms with Gasteiger partial charge in [0.25, 0.3) is 0 Å². The summed E-state index contributed by atoms with van der Waals surface area (Å²) >= 11 is 5.95. The summed E-state index contributed by atoms with van der Waals surface area (Å²) in [5, 5.41) is 13.5. The number of amides is 1. The van der Waals surface area contributed by atoms with Crippen LogP contribution in [0, 0.1) is 23.1 Å². The van der Waals surface area contributed by atoms with Crippen LogP contribution in [-0.2, 0) is 19.5 Å². The lowest BCUT2D eigenvalue weighted by Gasteiger charge is -2.27. The Kier molecular flexibility index (Phi) is 6.99. The van der Waals surface area contributed by atoms with Crippen molar-refractivity contribution in [2.75, 3.05) is 13.1 Å². The van der Waals surface area contributed by atoms with Gasteiger partial charge in [0.05, 0.1) is 11.1 Å². The third-order valence-electron chi connectivity index (χ3n) is 6.42. The van der Waals surface area contributed by atoms with Crippen LogP contribution in [0.5, 0.6) is 0 Å². The number of pyridine rings is 1. The number of halogens is 3. The third-order valence-corrected chi connectivity index (χ3v) is 6.67. The van der Waals surface area contributed by atoms with E-state index in [1.165, 1.54) is 29.0 Å². The van der Waals surface area contributed by atoms with Gasteiger partial charge in [-0.25, -0.2) is 14.2 Å². The molecule has 186 valence electrons. The highest BCUT2D eigenvalue weighted by Gasteiger charge is 2.27. The van der Waals surface area contributed by atoms with Crippen molar-refractivity contribution in [2.24, 2.45) is 0 Å². The predicted octanol–water partition coefficient (Wildman–Crippen LogP) is 5.67. The van der Waals surface area contributed by atoms with E-state index in [9.17, 15) is 18.8 Å². The Morgan fingerprint density at radius 1 is 1.19 bits per heavy atom. The van der Waals surface area contributed by atoms with Gasteiger partial charge >= 0.3 is 6.03 Å². The summed E-state index contributed by atoms with van der Waals surface area (Å²) in [5.74, 6) is -1.25. The highest BCUT2D eigenvalue weighted by molar-refractivity contribution is 6.30. The first-order valence-electron chi connectivity index (χ1n) is 11.7. The number of nitrogens with zero attached hydrogens (tertiary/aromatic N) is 4. The monoisotopic (exact) mass is 517 g/mol. The Bertz CT molecular complexity index is 1560. The molecule has 0 spiro atoms. The van der Waals surface area contributed by atoms with E-state index < -0.39 is 17.8 Å². The van der Waals surface area contributed by atoms with Gasteiger partial charge in [-0.1, -0.05) is 35.9 Å². The van der Waals surface area contributed by atoms with E-state index >= 15 is 0 Å². The highest BCUT2D eigenvalue weighted by atomic mass is 35.5. The molecule has 37 heavy (non-hydrogen) atoms. The predicted molar refractivity (Wildman–Crippen MR) is 138 cm³/mol. The summed E-state index contributed by atoms with van der Waals surface area (Å²) in [5.41, 5.74) is 3.58. The maximum absolute atomic E-state index is 14.6. The molecule has 4 aromatic rings. The van der Waals surface area contributed by atoms with Gasteiger partial charge in [0, 0.05) is 54.9 Å². The summed E-state index contributed by atoms with van der Waals surface area (Å²) in [7, 11) is 0. The lowest BCUT2D eigenvalue weighted by atomic mass is 10.0. The summed E-state index contributed by atoms with van der Waals surface area (Å²) in [6.45, 7) is 2.00. The van der Waals surface area contributed by atoms with Crippen molar-refractivity contribution < 1.29 is 13.6 Å². The van der Waals surface area contributed by atoms with Crippen LogP contribution in [0.15, 0.2) is 60.8 Å². The number of aromatic nitrogens is 2. The van der Waals surface area contributed by atoms with Crippen molar-refractivity contribution in [3.8, 4) is 6.07 Å². The number of hydrogen-bond acceptors (Lipinski definition) is 4. The molecule has 9 heteroatoms. The summed E-state index contributed by atoms with van der Waals surface area (Å²) in [4.78, 5) is 19.0. The average Bonchev–Trinajstić information content (AvgIpc) is 3.20. The number of carbonyl (C=O) groups is 1. The van der Waals surface area contributed by atoms with E-state index in [0.717, 1.165) is 16.8 Å². The Morgan fingerprint density at radius 2 is 2.00 bits per heavy atom. The molecule has 3 heterocycles. The molecule has 0 atom stereocenters. The van der Waals surface area contributed by atoms with Gasteiger partial charge in [0.1, 0.15) is 11.9 Å². The number of carbonyl (C=O) groups excluding carboxylic acids is 1. The first-order chi connectivity index (χ1) is 17.9. The standard InChI is InChI=1S/C28H22ClF2N5O/c29-21-5-3-18(4-6-21)2-1-10-35-11-8-25-23(17-35)22-14-24(30)20(15-32)13-26(22)36(25)28(37)34-16-19-7-9-33-27(31)12-19/h1-7,9,12-14H,8,10-11,16-17H2,(H,34,37). The highest BCUT2D eigenvalue weighted by Crippen LogP contribution is 2.32. The molecule has 5 rings (SSSR count). The fourth-order valence-electron chi connectivity index (χ4n) is 4.62. The van der Waals surface area contributed by atoms with E-state index in [0.29, 0.717) is 47.5 Å². The van der Waals surface area contributed by atoms with Gasteiger partial charge in [0.2, 0.25) is 5.95 Å². The van der Waals surface area contributed by atoms with Crippen molar-refractivity contribution in [1.29, 1.82) is 5.26 Å². The molecule has 2 aromatic carbocycles. The number of benzene rings is 2. The molecule has 0 saturated heterocycles. The molecule has 1 amide bonds. The van der Waals surface area contributed by atoms with Crippen LogP contribution in [0.1, 0.15) is 27.9 Å². The maximum Gasteiger partial charge on any atom is 0.326 e. The van der Waals surface area contributed by atoms with Crippen LogP contribution < -0.4 is 5.32 Å². The Morgan fingerprint density at radius 3 is 2.76 bits per heavy atom. The second-order valence-electron chi connectivity index (χ2n) is 8.81. The first kappa shape index (κ1) is 24.6. The minimum atomic E-state index is -0.630. The van der Waals surface area contributed by atoms with Crippen molar-refractivity contribution in [1.82, 2.24) is 19.8 Å². The van der Waals surface area contributed by atoms with Crippen LogP contribution in [-0.4, -0.2) is 33.6 Å². The number of fused-ring (bicyclic) bond motifs is 3. The number of rotatable bonds is 5. The molecule has 6 nitrogen and oxygen atoms in total. The van der Waals surface area contributed by atoms with E-state index in [4.69, 9.17) is 11.6 Å². The molecule has 0 aliphatic carbocycles. The van der Waals surface area contributed by atoms with Crippen molar-refractivity contribution in [2.45, 2.75) is 19.5 Å². The van der Waals surface area contributed by atoms with Gasteiger partial charge in [-0.2, -0.15) is 9.65 Å². The Hall–Kier alpha value is -4.06. The van der Waals surface area contributed by atoms with Gasteiger partial charge in [-0.3, -0.25) is 9.47 Å². The van der Waals surface area contributed by atoms with E-state index in [-0.39, 0.29) is 12.1 Å². The molecule has 1 N–H and O–H groups in total. The summed E-state index contributed by atoms with van der Waals surface area (Å²) < 4.78 is 29.6. The fraction of sp³-hybridized carbons (Fsp3) is 0.179. The molecule has 2 aromatic heterocycles. The molecular formula is C28H22ClF2N5O. The molecule has 0 unspecified atom stereocenters. The largest absolute Gasteiger partial charge is 0.333 e. The molecule has 0 saturated carbocycles. The van der Waals surface area contributed by atoms with Crippen molar-refractivity contribution in [3.63, 3.8) is 0 Å². The number of nitrogens with one attached hydrogen (secondary N) is 1. The fourth-order valence-corrected chi connectivity index (χ4v) is 4.75. The zero-order valence-electron chi connectivity index (χ0n) is 19.7. The van der Waals surface area contributed by atoms with Crippen LogP contribution in [0.25, 0.3) is 17.0 Å². The molecule has 1 aliphatic rings. The van der Waals surface area contributed by atoms with Crippen LogP contribution in [0.3, 0.4) is 0 Å². The second-order valence-corrected chi connectivity index (χ2v) is 9.24. The van der Waals surface area contributed by atoms with Gasteiger partial charge in [-0.05, 0) is 53.1 Å². The zero-order valence-corrected chi connectivity index (χ0v) is 20.5. The third kappa shape index (κ3) is 5.24. The lowest BCUT2D eigenvalue weighted by molar-refractivity contribution is 0.240. The van der Waals surface area contributed by atoms with Crippen LogP contribution in [0.2, 0.25) is 5.02 Å². The van der Waals surface area contributed by atoms with Gasteiger partial charge in [0.15, 0.2) is 0 Å². The van der Waals surface area contributed by atoms with E-state index in [2.05, 4.69) is 21.3 Å². The van der Waals surface area contributed by atoms with Crippen LogP contribution in [0.4, 0.5) is 13.6 Å². The molecule has 0 radical (unpaired) electrons. The first-order valence-corrected chi connectivity index (χ1v) is 12.1. The van der Waals surface area contributed by atoms with Crippen LogP contribution >= 0.6 is 11.6 Å².